The summed E-state index contributed by atoms with van der Waals surface area (Å²) in [5.74, 6) is 0.862. The molecule has 0 unspecified atom stereocenters. The van der Waals surface area contributed by atoms with Crippen molar-refractivity contribution in [2.24, 2.45) is 5.92 Å². The Hall–Kier alpha value is -1.02. The van der Waals surface area contributed by atoms with E-state index >= 15 is 0 Å². The quantitative estimate of drug-likeness (QED) is 0.880. The molecular formula is C16H25NO. The predicted molar refractivity (Wildman–Crippen MR) is 76.9 cm³/mol. The van der Waals surface area contributed by atoms with E-state index in [9.17, 15) is 0 Å². The molecule has 0 amide bonds. The molecule has 100 valence electrons. The monoisotopic (exact) mass is 247 g/mol. The number of aryl methyl sites for hydroxylation is 1. The number of nitrogens with zero attached hydrogens (tertiary/aromatic N) is 1. The van der Waals surface area contributed by atoms with Gasteiger partial charge in [0.25, 0.3) is 0 Å². The van der Waals surface area contributed by atoms with Crippen LogP contribution in [0.1, 0.15) is 43.2 Å². The minimum Gasteiger partial charge on any atom is -0.392 e. The van der Waals surface area contributed by atoms with Crippen molar-refractivity contribution in [1.82, 2.24) is 0 Å². The second kappa shape index (κ2) is 6.24. The second-order valence-electron chi connectivity index (χ2n) is 5.66. The van der Waals surface area contributed by atoms with Gasteiger partial charge in [-0.25, -0.2) is 0 Å². The third-order valence-electron chi connectivity index (χ3n) is 4.11. The molecule has 0 atom stereocenters. The molecule has 18 heavy (non-hydrogen) atoms. The van der Waals surface area contributed by atoms with Crippen LogP contribution in [0.15, 0.2) is 18.2 Å². The Morgan fingerprint density at radius 3 is 2.56 bits per heavy atom. The van der Waals surface area contributed by atoms with Crippen LogP contribution in [-0.4, -0.2) is 18.7 Å². The lowest BCUT2D eigenvalue weighted by Crippen LogP contribution is -2.27. The molecule has 2 heteroatoms. The molecule has 1 aromatic rings. The zero-order valence-electron chi connectivity index (χ0n) is 11.7. The molecule has 1 aliphatic carbocycles. The molecule has 0 radical (unpaired) electrons. The number of aliphatic hydroxyl groups is 1. The number of hydrogen-bond acceptors (Lipinski definition) is 2. The first-order valence-corrected chi connectivity index (χ1v) is 7.12. The van der Waals surface area contributed by atoms with Crippen molar-refractivity contribution >= 4 is 5.69 Å². The molecule has 1 saturated carbocycles. The number of aliphatic hydroxyl groups excluding tert-OH is 1. The van der Waals surface area contributed by atoms with Crippen LogP contribution in [0.2, 0.25) is 0 Å². The maximum absolute atomic E-state index is 9.14. The van der Waals surface area contributed by atoms with Crippen LogP contribution < -0.4 is 4.90 Å². The first kappa shape index (κ1) is 13.4. The first-order valence-electron chi connectivity index (χ1n) is 7.12. The van der Waals surface area contributed by atoms with E-state index in [0.717, 1.165) is 11.5 Å². The Kier molecular flexibility index (Phi) is 4.65. The molecule has 0 bridgehead atoms. The summed E-state index contributed by atoms with van der Waals surface area (Å²) < 4.78 is 0. The SMILES string of the molecule is Cc1cc(CO)ccc1N(C)CC1CCCCC1. The van der Waals surface area contributed by atoms with Crippen molar-refractivity contribution in [3.63, 3.8) is 0 Å². The second-order valence-corrected chi connectivity index (χ2v) is 5.66. The fourth-order valence-electron chi connectivity index (χ4n) is 3.10. The topological polar surface area (TPSA) is 23.5 Å². The van der Waals surface area contributed by atoms with Gasteiger partial charge in [0.1, 0.15) is 0 Å². The average Bonchev–Trinajstić information content (AvgIpc) is 2.39. The van der Waals surface area contributed by atoms with E-state index in [4.69, 9.17) is 5.11 Å². The van der Waals surface area contributed by atoms with Gasteiger partial charge < -0.3 is 10.0 Å². The third kappa shape index (κ3) is 3.26. The van der Waals surface area contributed by atoms with Gasteiger partial charge in [-0.05, 0) is 42.9 Å². The lowest BCUT2D eigenvalue weighted by Gasteiger charge is -2.29. The van der Waals surface area contributed by atoms with Gasteiger partial charge in [0, 0.05) is 19.3 Å². The largest absolute Gasteiger partial charge is 0.392 e. The number of anilines is 1. The van der Waals surface area contributed by atoms with Crippen molar-refractivity contribution in [1.29, 1.82) is 0 Å². The molecule has 0 heterocycles. The van der Waals surface area contributed by atoms with Crippen LogP contribution in [-0.2, 0) is 6.61 Å². The van der Waals surface area contributed by atoms with Crippen LogP contribution in [0.4, 0.5) is 5.69 Å². The first-order chi connectivity index (χ1) is 8.70. The van der Waals surface area contributed by atoms with E-state index in [1.54, 1.807) is 0 Å². The molecule has 1 aliphatic rings. The van der Waals surface area contributed by atoms with E-state index in [-0.39, 0.29) is 6.61 Å². The summed E-state index contributed by atoms with van der Waals surface area (Å²) in [6.45, 7) is 3.43. The maximum Gasteiger partial charge on any atom is 0.0681 e. The summed E-state index contributed by atoms with van der Waals surface area (Å²) in [7, 11) is 2.19. The number of benzene rings is 1. The fourth-order valence-corrected chi connectivity index (χ4v) is 3.10. The standard InChI is InChI=1S/C16H25NO/c1-13-10-15(12-18)8-9-16(13)17(2)11-14-6-4-3-5-7-14/h8-10,14,18H,3-7,11-12H2,1-2H3. The average molecular weight is 247 g/mol. The summed E-state index contributed by atoms with van der Waals surface area (Å²) in [6, 6.07) is 6.26. The summed E-state index contributed by atoms with van der Waals surface area (Å²) in [5, 5.41) is 9.14. The summed E-state index contributed by atoms with van der Waals surface area (Å²) in [4.78, 5) is 2.38. The van der Waals surface area contributed by atoms with Crippen molar-refractivity contribution in [2.75, 3.05) is 18.5 Å². The Labute approximate surface area is 111 Å². The van der Waals surface area contributed by atoms with Gasteiger partial charge in [0.2, 0.25) is 0 Å². The lowest BCUT2D eigenvalue weighted by molar-refractivity contribution is 0.282. The van der Waals surface area contributed by atoms with E-state index in [2.05, 4.69) is 31.0 Å². The molecule has 1 N–H and O–H groups in total. The minimum atomic E-state index is 0.132. The number of rotatable bonds is 4. The number of hydrogen-bond donors (Lipinski definition) is 1. The zero-order valence-corrected chi connectivity index (χ0v) is 11.7. The highest BCUT2D eigenvalue weighted by atomic mass is 16.3. The molecular weight excluding hydrogens is 222 g/mol. The van der Waals surface area contributed by atoms with Crippen LogP contribution in [0.5, 0.6) is 0 Å². The van der Waals surface area contributed by atoms with Gasteiger partial charge in [-0.2, -0.15) is 0 Å². The van der Waals surface area contributed by atoms with Crippen LogP contribution in [0, 0.1) is 12.8 Å². The molecule has 0 aliphatic heterocycles. The van der Waals surface area contributed by atoms with Gasteiger partial charge in [-0.1, -0.05) is 31.4 Å². The summed E-state index contributed by atoms with van der Waals surface area (Å²) in [5.41, 5.74) is 3.57. The fraction of sp³-hybridized carbons (Fsp3) is 0.625. The summed E-state index contributed by atoms with van der Waals surface area (Å²) in [6.07, 6.45) is 7.00. The lowest BCUT2D eigenvalue weighted by atomic mass is 9.89. The van der Waals surface area contributed by atoms with E-state index < -0.39 is 0 Å². The van der Waals surface area contributed by atoms with E-state index in [1.807, 2.05) is 6.07 Å². The molecule has 1 aromatic carbocycles. The van der Waals surface area contributed by atoms with E-state index in [1.165, 1.54) is 49.9 Å². The minimum absolute atomic E-state index is 0.132. The third-order valence-corrected chi connectivity index (χ3v) is 4.11. The van der Waals surface area contributed by atoms with Gasteiger partial charge in [0.05, 0.1) is 6.61 Å². The van der Waals surface area contributed by atoms with Crippen molar-refractivity contribution in [3.8, 4) is 0 Å². The Balaban J connectivity index is 2.01. The molecule has 0 aromatic heterocycles. The Morgan fingerprint density at radius 2 is 1.94 bits per heavy atom. The van der Waals surface area contributed by atoms with Gasteiger partial charge >= 0.3 is 0 Å². The molecule has 2 rings (SSSR count). The highest BCUT2D eigenvalue weighted by Crippen LogP contribution is 2.27. The van der Waals surface area contributed by atoms with Gasteiger partial charge in [-0.15, -0.1) is 0 Å². The zero-order chi connectivity index (χ0) is 13.0. The molecule has 2 nitrogen and oxygen atoms in total. The molecule has 0 saturated heterocycles. The smallest absolute Gasteiger partial charge is 0.0681 e. The normalized spacial score (nSPS) is 16.8. The Morgan fingerprint density at radius 1 is 1.22 bits per heavy atom. The van der Waals surface area contributed by atoms with Crippen LogP contribution >= 0.6 is 0 Å². The predicted octanol–water partition coefficient (Wildman–Crippen LogP) is 3.50. The van der Waals surface area contributed by atoms with E-state index in [0.29, 0.717) is 0 Å². The molecule has 0 spiro atoms. The molecule has 1 fully saturated rings. The highest BCUT2D eigenvalue weighted by Gasteiger charge is 2.16. The van der Waals surface area contributed by atoms with Gasteiger partial charge in [-0.3, -0.25) is 0 Å². The maximum atomic E-state index is 9.14. The van der Waals surface area contributed by atoms with Crippen molar-refractivity contribution in [2.45, 2.75) is 45.6 Å². The van der Waals surface area contributed by atoms with Crippen LogP contribution in [0.3, 0.4) is 0 Å². The van der Waals surface area contributed by atoms with Crippen LogP contribution in [0.25, 0.3) is 0 Å². The highest BCUT2D eigenvalue weighted by molar-refractivity contribution is 5.53. The Bertz CT molecular complexity index is 383. The van der Waals surface area contributed by atoms with Crippen molar-refractivity contribution in [3.05, 3.63) is 29.3 Å². The summed E-state index contributed by atoms with van der Waals surface area (Å²) >= 11 is 0. The van der Waals surface area contributed by atoms with Crippen molar-refractivity contribution < 1.29 is 5.11 Å². The van der Waals surface area contributed by atoms with Gasteiger partial charge in [0.15, 0.2) is 0 Å².